The van der Waals surface area contributed by atoms with Gasteiger partial charge in [-0.3, -0.25) is 4.79 Å². The molecule has 3 heteroatoms. The Morgan fingerprint density at radius 2 is 1.79 bits per heavy atom. The summed E-state index contributed by atoms with van der Waals surface area (Å²) in [7, 11) is 0. The largest absolute Gasteiger partial charge is 0.481 e. The number of carbonyl (C=O) groups is 1. The SMILES string of the molecule is CCCCCCCCC(N)CC(=O)O. The van der Waals surface area contributed by atoms with Crippen LogP contribution in [0.2, 0.25) is 0 Å². The van der Waals surface area contributed by atoms with Crippen LogP contribution in [0.3, 0.4) is 0 Å². The maximum absolute atomic E-state index is 10.3. The van der Waals surface area contributed by atoms with E-state index in [1.807, 2.05) is 0 Å². The van der Waals surface area contributed by atoms with Crippen LogP contribution in [0.5, 0.6) is 0 Å². The Balaban J connectivity index is 3.14. The van der Waals surface area contributed by atoms with Gasteiger partial charge in [0.15, 0.2) is 0 Å². The first-order chi connectivity index (χ1) is 6.66. The smallest absolute Gasteiger partial charge is 0.304 e. The second kappa shape index (κ2) is 9.00. The van der Waals surface area contributed by atoms with Crippen molar-refractivity contribution < 1.29 is 9.90 Å². The minimum Gasteiger partial charge on any atom is -0.481 e. The highest BCUT2D eigenvalue weighted by Gasteiger charge is 2.06. The van der Waals surface area contributed by atoms with Crippen molar-refractivity contribution in [2.45, 2.75) is 64.3 Å². The number of carboxylic acid groups (broad SMARTS) is 1. The second-order valence-electron chi connectivity index (χ2n) is 3.91. The molecule has 0 aromatic carbocycles. The number of hydrogen-bond donors (Lipinski definition) is 2. The van der Waals surface area contributed by atoms with Gasteiger partial charge < -0.3 is 10.8 Å². The van der Waals surface area contributed by atoms with E-state index in [1.165, 1.54) is 32.1 Å². The number of nitrogens with two attached hydrogens (primary N) is 1. The van der Waals surface area contributed by atoms with Crippen molar-refractivity contribution in [3.63, 3.8) is 0 Å². The maximum atomic E-state index is 10.3. The molecule has 0 aliphatic carbocycles. The Morgan fingerprint density at radius 3 is 2.36 bits per heavy atom. The summed E-state index contributed by atoms with van der Waals surface area (Å²) in [5.74, 6) is -0.788. The van der Waals surface area contributed by atoms with E-state index in [1.54, 1.807) is 0 Å². The number of unbranched alkanes of at least 4 members (excludes halogenated alkanes) is 5. The minimum atomic E-state index is -0.788. The highest BCUT2D eigenvalue weighted by Crippen LogP contribution is 2.08. The molecule has 3 nitrogen and oxygen atoms in total. The van der Waals surface area contributed by atoms with Gasteiger partial charge in [0.05, 0.1) is 6.42 Å². The second-order valence-corrected chi connectivity index (χ2v) is 3.91. The molecule has 0 rings (SSSR count). The van der Waals surface area contributed by atoms with Gasteiger partial charge in [-0.15, -0.1) is 0 Å². The van der Waals surface area contributed by atoms with Gasteiger partial charge in [0.2, 0.25) is 0 Å². The van der Waals surface area contributed by atoms with Crippen molar-refractivity contribution in [1.82, 2.24) is 0 Å². The Hall–Kier alpha value is -0.570. The fourth-order valence-corrected chi connectivity index (χ4v) is 1.51. The van der Waals surface area contributed by atoms with Crippen molar-refractivity contribution in [3.05, 3.63) is 0 Å². The number of rotatable bonds is 9. The molecule has 0 bridgehead atoms. The number of carboxylic acids is 1. The van der Waals surface area contributed by atoms with E-state index in [2.05, 4.69) is 6.92 Å². The van der Waals surface area contributed by atoms with Gasteiger partial charge in [-0.25, -0.2) is 0 Å². The molecule has 3 N–H and O–H groups in total. The summed E-state index contributed by atoms with van der Waals surface area (Å²) < 4.78 is 0. The molecule has 0 spiro atoms. The highest BCUT2D eigenvalue weighted by molar-refractivity contribution is 5.67. The van der Waals surface area contributed by atoms with Crippen molar-refractivity contribution in [3.8, 4) is 0 Å². The average molecular weight is 201 g/mol. The molecule has 0 saturated heterocycles. The van der Waals surface area contributed by atoms with Gasteiger partial charge in [-0.2, -0.15) is 0 Å². The monoisotopic (exact) mass is 201 g/mol. The molecule has 0 fully saturated rings. The summed E-state index contributed by atoms with van der Waals surface area (Å²) in [6.07, 6.45) is 8.33. The summed E-state index contributed by atoms with van der Waals surface area (Å²) in [4.78, 5) is 10.3. The summed E-state index contributed by atoms with van der Waals surface area (Å²) in [5, 5.41) is 8.48. The maximum Gasteiger partial charge on any atom is 0.304 e. The molecule has 0 radical (unpaired) electrons. The van der Waals surface area contributed by atoms with Crippen LogP contribution in [0.1, 0.15) is 58.3 Å². The number of hydrogen-bond acceptors (Lipinski definition) is 2. The molecule has 0 saturated carbocycles. The first kappa shape index (κ1) is 13.4. The molecular formula is C11H23NO2. The van der Waals surface area contributed by atoms with E-state index < -0.39 is 5.97 Å². The summed E-state index contributed by atoms with van der Waals surface area (Å²) in [6, 6.07) is -0.154. The molecule has 14 heavy (non-hydrogen) atoms. The lowest BCUT2D eigenvalue weighted by atomic mass is 10.0. The first-order valence-electron chi connectivity index (χ1n) is 5.64. The standard InChI is InChI=1S/C11H23NO2/c1-2-3-4-5-6-7-8-10(12)9-11(13)14/h10H,2-9,12H2,1H3,(H,13,14). The van der Waals surface area contributed by atoms with Gasteiger partial charge >= 0.3 is 5.97 Å². The Kier molecular flexibility index (Phi) is 8.64. The molecule has 0 aliphatic heterocycles. The quantitative estimate of drug-likeness (QED) is 0.563. The molecule has 84 valence electrons. The lowest BCUT2D eigenvalue weighted by Crippen LogP contribution is -2.23. The third-order valence-corrected chi connectivity index (χ3v) is 2.37. The van der Waals surface area contributed by atoms with E-state index in [-0.39, 0.29) is 12.5 Å². The van der Waals surface area contributed by atoms with E-state index >= 15 is 0 Å². The predicted molar refractivity (Wildman–Crippen MR) is 58.2 cm³/mol. The molecule has 1 atom stereocenters. The van der Waals surface area contributed by atoms with Crippen LogP contribution in [0.4, 0.5) is 0 Å². The van der Waals surface area contributed by atoms with Crippen molar-refractivity contribution in [2.75, 3.05) is 0 Å². The Morgan fingerprint density at radius 1 is 1.21 bits per heavy atom. The van der Waals surface area contributed by atoms with Crippen LogP contribution in [0, 0.1) is 0 Å². The number of aliphatic carboxylic acids is 1. The molecule has 0 aromatic rings. The van der Waals surface area contributed by atoms with Crippen LogP contribution in [0.25, 0.3) is 0 Å². The summed E-state index contributed by atoms with van der Waals surface area (Å²) >= 11 is 0. The van der Waals surface area contributed by atoms with E-state index in [4.69, 9.17) is 10.8 Å². The van der Waals surface area contributed by atoms with Gasteiger partial charge in [0.1, 0.15) is 0 Å². The van der Waals surface area contributed by atoms with Crippen molar-refractivity contribution in [1.29, 1.82) is 0 Å². The van der Waals surface area contributed by atoms with Crippen LogP contribution < -0.4 is 5.73 Å². The summed E-state index contributed by atoms with van der Waals surface area (Å²) in [5.41, 5.74) is 5.63. The topological polar surface area (TPSA) is 63.3 Å². The van der Waals surface area contributed by atoms with E-state index in [0.29, 0.717) is 0 Å². The fraction of sp³-hybridized carbons (Fsp3) is 0.909. The minimum absolute atomic E-state index is 0.106. The zero-order chi connectivity index (χ0) is 10.8. The van der Waals surface area contributed by atoms with Crippen molar-refractivity contribution >= 4 is 5.97 Å². The first-order valence-corrected chi connectivity index (χ1v) is 5.64. The molecule has 0 aromatic heterocycles. The zero-order valence-corrected chi connectivity index (χ0v) is 9.17. The van der Waals surface area contributed by atoms with Gasteiger partial charge in [0.25, 0.3) is 0 Å². The van der Waals surface area contributed by atoms with Crippen molar-refractivity contribution in [2.24, 2.45) is 5.73 Å². The van der Waals surface area contributed by atoms with Gasteiger partial charge in [0, 0.05) is 6.04 Å². The van der Waals surface area contributed by atoms with Crippen LogP contribution in [-0.2, 0) is 4.79 Å². The predicted octanol–water partition coefficient (Wildman–Crippen LogP) is 2.54. The van der Waals surface area contributed by atoms with E-state index in [9.17, 15) is 4.79 Å². The van der Waals surface area contributed by atoms with Crippen LogP contribution in [-0.4, -0.2) is 17.1 Å². The zero-order valence-electron chi connectivity index (χ0n) is 9.17. The lowest BCUT2D eigenvalue weighted by Gasteiger charge is -2.07. The molecule has 0 aliphatic rings. The average Bonchev–Trinajstić information content (AvgIpc) is 2.10. The molecular weight excluding hydrogens is 178 g/mol. The third-order valence-electron chi connectivity index (χ3n) is 2.37. The normalized spacial score (nSPS) is 12.7. The fourth-order valence-electron chi connectivity index (χ4n) is 1.51. The van der Waals surface area contributed by atoms with Crippen LogP contribution >= 0.6 is 0 Å². The third kappa shape index (κ3) is 9.52. The summed E-state index contributed by atoms with van der Waals surface area (Å²) in [6.45, 7) is 2.20. The van der Waals surface area contributed by atoms with Crippen LogP contribution in [0.15, 0.2) is 0 Å². The molecule has 0 heterocycles. The highest BCUT2D eigenvalue weighted by atomic mass is 16.4. The lowest BCUT2D eigenvalue weighted by molar-refractivity contribution is -0.137. The van der Waals surface area contributed by atoms with Gasteiger partial charge in [-0.05, 0) is 6.42 Å². The molecule has 0 amide bonds. The molecule has 1 unspecified atom stereocenters. The van der Waals surface area contributed by atoms with E-state index in [0.717, 1.165) is 12.8 Å². The van der Waals surface area contributed by atoms with Gasteiger partial charge in [-0.1, -0.05) is 45.4 Å². The Bertz CT molecular complexity index is 148. The Labute approximate surface area is 86.7 Å².